The van der Waals surface area contributed by atoms with Gasteiger partial charge in [0.2, 0.25) is 41.4 Å². The largest absolute Gasteiger partial charge is 0.394 e. The number of hydrogen-bond donors (Lipinski definition) is 35. The van der Waals surface area contributed by atoms with Crippen molar-refractivity contribution in [2.45, 2.75) is 386 Å². The van der Waals surface area contributed by atoms with E-state index in [4.69, 9.17) is 99.5 Å². The summed E-state index contributed by atoms with van der Waals surface area (Å²) in [5.74, 6) is -6.74. The number of rotatable bonds is 38. The van der Waals surface area contributed by atoms with Crippen LogP contribution in [0.2, 0.25) is 0 Å². The molecule has 0 aromatic rings. The molecule has 0 aromatic heterocycles. The Morgan fingerprint density at radius 2 is 0.399 bits per heavy atom. The maximum absolute atomic E-state index is 13.4. The SMILES string of the molecule is CC(=O)N[C@@H]1[C@@H](O)[C@H](O[C@@H]2O[C@H](CO)[C@@H](O[C@@H]3O[C@H](CO[C@H]4O[C@H](CO[C@@H]5O[C@H](CO)[C@@H](O)[C@H](O)[C@H]5NC(C)=O)[C@@H](O[C@@H]5O[C@H](CO)[C@@H](O)[C@H](O)[C@H]5NC(C)=O)[C@H](O)[C@@H]4O[C@@H]4O[C@H](CO)[C@@H](O)[C@H](O)[C@H]4NC(C)=O)[C@@H](O)[C@H](O[C@H]4O[C@H](CO)[C@@H](O[C@@H]5O[C@H](CO)[C@@H](O)[C@H](O)[C@H]5NC(C)=O)[C@H](O)[C@@H]4O[C@@H]4O[C@H](CO)[C@@H](O[C@@H]5O[C@H](CO)[C@H](O)[C@H](O)[C@H]5O)[C@H](O)[C@H]4NC(C)=O)[C@@H]3O)[C@H](O)[C@H]2NC(C)=O)[C@@H](CO)O[C@@H]1O. The summed E-state index contributed by atoms with van der Waals surface area (Å²) in [5.41, 5.74) is 0. The predicted octanol–water partition coefficient (Wildman–Crippen LogP) is -24.0. The Hall–Kier alpha value is -5.67. The lowest BCUT2D eigenvalue weighted by molar-refractivity contribution is -0.406. The molecule has 11 fully saturated rings. The van der Waals surface area contributed by atoms with Crippen LogP contribution in [0, 0.1) is 0 Å². The van der Waals surface area contributed by atoms with Crippen molar-refractivity contribution in [2.24, 2.45) is 0 Å². The van der Waals surface area contributed by atoms with Crippen LogP contribution in [-0.4, -0.2) is 594 Å². The van der Waals surface area contributed by atoms with Crippen molar-refractivity contribution in [2.75, 3.05) is 72.7 Å². The van der Waals surface area contributed by atoms with Gasteiger partial charge in [-0.15, -0.1) is 0 Å². The van der Waals surface area contributed by atoms with Crippen molar-refractivity contribution in [3.63, 3.8) is 0 Å². The van der Waals surface area contributed by atoms with Gasteiger partial charge in [-0.05, 0) is 0 Å². The standard InChI is InChI=1S/C80H133N7O56/c1-19(97)81-37-54(114)62(31(13-93)125-70(37)122)136-75-42(86-24(6)102)55(115)64(33(15-95)131-75)140-78-61(121)67(141-80-69(59(119)65(34(16-96)133-80)137-72-39(83-21(3)99)51(111)45(105)27(9-89)127-72)143-76-43(87-25(7)103)56(116)63(32(14-94)132-76)139-77-58(118)57(117)48(108)30(12-92)130-77)49(109)35(134-78)17-124-79-68(142-74-41(85-23(5)101)53(113)47(107)29(11-91)129-74)60(120)66(138-73-40(84-22(4)100)52(112)46(106)28(10-90)128-73)36(135-79)18-123-71-38(82-20(2)98)50(110)44(104)26(8-88)126-71/h26-80,88-96,104-122H,8-18H2,1-7H3,(H,81,97)(H,82,98)(H,83,99)(H,84,100)(H,85,101)(H,86,102)(H,87,103)/t26-,27-,28-,29-,30-,31-,32-,33-,34-,35-,36-,37-,38-,39-,40-,41-,42-,43-,44-,45-,46-,47-,48+,49-,50-,51-,52-,53-,54-,55-,56-,57+,58-,59+,60+,61+,62-,63-,64-,65-,66-,67+,68+,69+,70+,71-,72+,73+,74+,75+,76+,77+,78+,79+,80-/m1/s1. The normalized spacial score (nSPS) is 47.3. The van der Waals surface area contributed by atoms with Gasteiger partial charge in [0, 0.05) is 48.5 Å². The van der Waals surface area contributed by atoms with Crippen LogP contribution < -0.4 is 37.2 Å². The van der Waals surface area contributed by atoms with Crippen molar-refractivity contribution in [3.05, 3.63) is 0 Å². The van der Waals surface area contributed by atoms with Gasteiger partial charge in [-0.2, -0.15) is 0 Å². The Morgan fingerprint density at radius 1 is 0.182 bits per heavy atom. The van der Waals surface area contributed by atoms with Gasteiger partial charge >= 0.3 is 0 Å². The van der Waals surface area contributed by atoms with Gasteiger partial charge in [0.1, 0.15) is 268 Å². The van der Waals surface area contributed by atoms with Crippen molar-refractivity contribution in [1.82, 2.24) is 37.2 Å². The fourth-order valence-corrected chi connectivity index (χ4v) is 18.5. The number of aliphatic hydroxyl groups is 28. The van der Waals surface area contributed by atoms with E-state index in [1.165, 1.54) is 0 Å². The summed E-state index contributed by atoms with van der Waals surface area (Å²) in [5, 5.41) is 337. The minimum Gasteiger partial charge on any atom is -0.394 e. The summed E-state index contributed by atoms with van der Waals surface area (Å²) in [6.07, 6.45) is -107. The van der Waals surface area contributed by atoms with Gasteiger partial charge in [0.15, 0.2) is 69.2 Å². The molecule has 143 heavy (non-hydrogen) atoms. The van der Waals surface area contributed by atoms with Crippen LogP contribution in [0.15, 0.2) is 0 Å². The Labute approximate surface area is 810 Å². The van der Waals surface area contributed by atoms with Gasteiger partial charge < -0.3 is 280 Å². The zero-order valence-corrected chi connectivity index (χ0v) is 77.5. The van der Waals surface area contributed by atoms with E-state index in [9.17, 15) is 177 Å². The van der Waals surface area contributed by atoms with E-state index < -0.39 is 451 Å². The molecule has 0 aromatic carbocycles. The minimum absolute atomic E-state index is 0.844. The fraction of sp³-hybridized carbons (Fsp3) is 0.912. The quantitative estimate of drug-likeness (QED) is 0.0273. The first-order valence-corrected chi connectivity index (χ1v) is 45.6. The Kier molecular flexibility index (Phi) is 42.7. The zero-order chi connectivity index (χ0) is 105. The van der Waals surface area contributed by atoms with Crippen LogP contribution in [0.25, 0.3) is 0 Å². The highest BCUT2D eigenvalue weighted by Crippen LogP contribution is 2.43. The van der Waals surface area contributed by atoms with Crippen LogP contribution in [0.5, 0.6) is 0 Å². The predicted molar refractivity (Wildman–Crippen MR) is 444 cm³/mol. The number of ether oxygens (including phenoxy) is 21. The Balaban J connectivity index is 1.05. The number of nitrogens with one attached hydrogen (secondary N) is 7. The summed E-state index contributed by atoms with van der Waals surface area (Å²) in [6.45, 7) is -6.71. The third-order valence-electron chi connectivity index (χ3n) is 25.8. The molecule has 824 valence electrons. The fourth-order valence-electron chi connectivity index (χ4n) is 18.5. The molecule has 63 heteroatoms. The summed E-state index contributed by atoms with van der Waals surface area (Å²) in [7, 11) is 0. The maximum atomic E-state index is 13.4. The van der Waals surface area contributed by atoms with Crippen molar-refractivity contribution < 1.29 is 276 Å². The molecule has 11 heterocycles. The second kappa shape index (κ2) is 51.9. The van der Waals surface area contributed by atoms with E-state index >= 15 is 0 Å². The van der Waals surface area contributed by atoms with Gasteiger partial charge in [0.05, 0.1) is 72.7 Å². The minimum atomic E-state index is -2.81. The van der Waals surface area contributed by atoms with E-state index in [1.807, 2.05) is 0 Å². The van der Waals surface area contributed by atoms with Crippen molar-refractivity contribution >= 4 is 41.4 Å². The molecule has 63 nitrogen and oxygen atoms in total. The lowest BCUT2D eigenvalue weighted by Crippen LogP contribution is -2.71. The zero-order valence-electron chi connectivity index (χ0n) is 77.5. The number of hydrogen-bond acceptors (Lipinski definition) is 56. The molecule has 0 unspecified atom stereocenters. The first kappa shape index (κ1) is 118. The van der Waals surface area contributed by atoms with E-state index in [0.29, 0.717) is 0 Å². The first-order valence-electron chi connectivity index (χ1n) is 45.6. The highest BCUT2D eigenvalue weighted by Gasteiger charge is 2.64. The second-order valence-corrected chi connectivity index (χ2v) is 36.0. The molecule has 55 atom stereocenters. The van der Waals surface area contributed by atoms with Gasteiger partial charge in [-0.25, -0.2) is 0 Å². The second-order valence-electron chi connectivity index (χ2n) is 36.0. The molecule has 35 N–H and O–H groups in total. The smallest absolute Gasteiger partial charge is 0.217 e. The summed E-state index contributed by atoms with van der Waals surface area (Å²) in [6, 6.07) is -13.6. The Bertz CT molecular complexity index is 4050. The van der Waals surface area contributed by atoms with E-state index in [0.717, 1.165) is 48.5 Å². The van der Waals surface area contributed by atoms with E-state index in [-0.39, 0.29) is 0 Å². The number of carbonyl (C=O) groups excluding carboxylic acids is 7. The molecule has 0 radical (unpaired) electrons. The third kappa shape index (κ3) is 26.9. The molecule has 0 bridgehead atoms. The first-order chi connectivity index (χ1) is 67.6. The van der Waals surface area contributed by atoms with Gasteiger partial charge in [-0.1, -0.05) is 0 Å². The summed E-state index contributed by atoms with van der Waals surface area (Å²) >= 11 is 0. The lowest BCUT2D eigenvalue weighted by atomic mass is 9.93. The highest BCUT2D eigenvalue weighted by molar-refractivity contribution is 5.75. The van der Waals surface area contributed by atoms with Crippen molar-refractivity contribution in [3.8, 4) is 0 Å². The number of amides is 7. The number of carbonyl (C=O) groups is 7. The van der Waals surface area contributed by atoms with Crippen LogP contribution in [-0.2, 0) is 133 Å². The molecule has 7 amide bonds. The average Bonchev–Trinajstić information content (AvgIpc) is 0.773. The molecule has 11 saturated heterocycles. The lowest BCUT2D eigenvalue weighted by Gasteiger charge is -2.52. The molecular weight excluding hydrogens is 1950 g/mol. The van der Waals surface area contributed by atoms with Gasteiger partial charge in [0.25, 0.3) is 0 Å². The van der Waals surface area contributed by atoms with Crippen LogP contribution in [0.4, 0.5) is 0 Å². The van der Waals surface area contributed by atoms with Gasteiger partial charge in [-0.3, -0.25) is 33.6 Å². The van der Waals surface area contributed by atoms with E-state index in [1.54, 1.807) is 0 Å². The van der Waals surface area contributed by atoms with Crippen LogP contribution in [0.1, 0.15) is 48.5 Å². The maximum Gasteiger partial charge on any atom is 0.217 e. The van der Waals surface area contributed by atoms with Crippen LogP contribution in [0.3, 0.4) is 0 Å². The molecule has 0 saturated carbocycles. The topological polar surface area (TPSA) is 964 Å². The van der Waals surface area contributed by atoms with Crippen molar-refractivity contribution in [1.29, 1.82) is 0 Å². The highest BCUT2D eigenvalue weighted by atomic mass is 16.8. The molecule has 0 aliphatic carbocycles. The molecular formula is C80H133N7O56. The average molecular weight is 2090 g/mol. The van der Waals surface area contributed by atoms with E-state index in [2.05, 4.69) is 37.2 Å². The number of aliphatic hydroxyl groups excluding tert-OH is 28. The van der Waals surface area contributed by atoms with Crippen LogP contribution >= 0.6 is 0 Å². The molecule has 11 rings (SSSR count). The molecule has 0 spiro atoms. The monoisotopic (exact) mass is 2090 g/mol. The summed E-state index contributed by atoms with van der Waals surface area (Å²) < 4.78 is 129. The molecule has 11 aliphatic rings. The third-order valence-corrected chi connectivity index (χ3v) is 25.8. The molecule has 11 aliphatic heterocycles. The summed E-state index contributed by atoms with van der Waals surface area (Å²) in [4.78, 5) is 90.9. The Morgan fingerprint density at radius 3 is 0.748 bits per heavy atom.